The Hall–Kier alpha value is -1.09. The second kappa shape index (κ2) is 4.20. The standard InChI is InChI=1S/C16H22N2O/c17-9-11-1-2-15(18-10-11)19-16-6-12-3-13(7-16)5-14(4-12)8-16/h1-2,10,12-14H,3-9,17H2. The Bertz CT molecular complexity index is 433. The molecule has 0 amide bonds. The van der Waals surface area contributed by atoms with Crippen LogP contribution in [0.3, 0.4) is 0 Å². The third-order valence-electron chi connectivity index (χ3n) is 5.34. The summed E-state index contributed by atoms with van der Waals surface area (Å²) >= 11 is 0. The summed E-state index contributed by atoms with van der Waals surface area (Å²) in [6, 6.07) is 4.02. The molecule has 0 aliphatic heterocycles. The van der Waals surface area contributed by atoms with E-state index in [0.717, 1.165) is 29.2 Å². The molecule has 5 rings (SSSR count). The molecular weight excluding hydrogens is 236 g/mol. The van der Waals surface area contributed by atoms with Gasteiger partial charge in [0.1, 0.15) is 5.60 Å². The second-order valence-electron chi connectivity index (χ2n) is 6.91. The van der Waals surface area contributed by atoms with Gasteiger partial charge in [0.15, 0.2) is 0 Å². The van der Waals surface area contributed by atoms with Crippen LogP contribution in [0.4, 0.5) is 0 Å². The van der Waals surface area contributed by atoms with Crippen LogP contribution in [-0.4, -0.2) is 10.6 Å². The third kappa shape index (κ3) is 2.04. The maximum absolute atomic E-state index is 6.36. The number of nitrogens with zero attached hydrogens (tertiary/aromatic N) is 1. The fourth-order valence-corrected chi connectivity index (χ4v) is 4.97. The van der Waals surface area contributed by atoms with Crippen LogP contribution in [-0.2, 0) is 6.54 Å². The van der Waals surface area contributed by atoms with E-state index in [9.17, 15) is 0 Å². The van der Waals surface area contributed by atoms with Gasteiger partial charge in [-0.05, 0) is 61.8 Å². The van der Waals surface area contributed by atoms with E-state index in [2.05, 4.69) is 4.98 Å². The van der Waals surface area contributed by atoms with Crippen LogP contribution in [0, 0.1) is 17.8 Å². The fourth-order valence-electron chi connectivity index (χ4n) is 4.97. The first-order chi connectivity index (χ1) is 9.25. The first kappa shape index (κ1) is 11.7. The van der Waals surface area contributed by atoms with Crippen molar-refractivity contribution < 1.29 is 4.74 Å². The molecule has 1 aromatic heterocycles. The Kier molecular flexibility index (Phi) is 2.59. The number of hydrogen-bond donors (Lipinski definition) is 1. The van der Waals surface area contributed by atoms with Gasteiger partial charge in [-0.25, -0.2) is 4.98 Å². The van der Waals surface area contributed by atoms with Gasteiger partial charge in [-0.1, -0.05) is 6.07 Å². The highest BCUT2D eigenvalue weighted by Crippen LogP contribution is 2.56. The van der Waals surface area contributed by atoms with Crippen molar-refractivity contribution in [1.82, 2.24) is 4.98 Å². The quantitative estimate of drug-likeness (QED) is 0.907. The summed E-state index contributed by atoms with van der Waals surface area (Å²) < 4.78 is 6.36. The molecule has 0 saturated heterocycles. The average molecular weight is 258 g/mol. The van der Waals surface area contributed by atoms with E-state index < -0.39 is 0 Å². The smallest absolute Gasteiger partial charge is 0.213 e. The lowest BCUT2D eigenvalue weighted by molar-refractivity contribution is -0.109. The monoisotopic (exact) mass is 258 g/mol. The van der Waals surface area contributed by atoms with E-state index in [4.69, 9.17) is 10.5 Å². The minimum absolute atomic E-state index is 0.103. The van der Waals surface area contributed by atoms with E-state index in [0.29, 0.717) is 6.54 Å². The largest absolute Gasteiger partial charge is 0.471 e. The van der Waals surface area contributed by atoms with Gasteiger partial charge in [0, 0.05) is 18.8 Å². The maximum atomic E-state index is 6.36. The zero-order valence-corrected chi connectivity index (χ0v) is 11.3. The molecule has 3 nitrogen and oxygen atoms in total. The van der Waals surface area contributed by atoms with Crippen LogP contribution < -0.4 is 10.5 Å². The number of ether oxygens (including phenoxy) is 1. The molecule has 4 bridgehead atoms. The SMILES string of the molecule is NCc1ccc(OC23CC4CC(CC(C4)C2)C3)nc1. The molecule has 1 aromatic rings. The van der Waals surface area contributed by atoms with Gasteiger partial charge >= 0.3 is 0 Å². The Morgan fingerprint density at radius 1 is 1.11 bits per heavy atom. The first-order valence-corrected chi connectivity index (χ1v) is 7.59. The van der Waals surface area contributed by atoms with Crippen molar-refractivity contribution in [2.45, 2.75) is 50.7 Å². The van der Waals surface area contributed by atoms with Crippen molar-refractivity contribution in [3.05, 3.63) is 23.9 Å². The molecule has 3 heteroatoms. The van der Waals surface area contributed by atoms with Crippen molar-refractivity contribution in [2.75, 3.05) is 0 Å². The lowest BCUT2D eigenvalue weighted by atomic mass is 9.54. The Labute approximate surface area is 114 Å². The predicted octanol–water partition coefficient (Wildman–Crippen LogP) is 2.89. The van der Waals surface area contributed by atoms with Crippen LogP contribution in [0.2, 0.25) is 0 Å². The van der Waals surface area contributed by atoms with Crippen molar-refractivity contribution in [3.8, 4) is 5.88 Å². The van der Waals surface area contributed by atoms with Gasteiger partial charge in [0.25, 0.3) is 0 Å². The zero-order chi connectivity index (χ0) is 12.9. The highest BCUT2D eigenvalue weighted by Gasteiger charge is 2.52. The van der Waals surface area contributed by atoms with Crippen LogP contribution in [0.15, 0.2) is 18.3 Å². The van der Waals surface area contributed by atoms with E-state index in [1.165, 1.54) is 38.5 Å². The molecule has 0 spiro atoms. The highest BCUT2D eigenvalue weighted by molar-refractivity contribution is 5.19. The molecule has 4 aliphatic rings. The minimum atomic E-state index is 0.103. The van der Waals surface area contributed by atoms with Gasteiger partial charge in [0.2, 0.25) is 5.88 Å². The van der Waals surface area contributed by atoms with Crippen LogP contribution in [0.25, 0.3) is 0 Å². The second-order valence-corrected chi connectivity index (χ2v) is 6.91. The van der Waals surface area contributed by atoms with Gasteiger partial charge in [-0.3, -0.25) is 0 Å². The van der Waals surface area contributed by atoms with Gasteiger partial charge in [-0.2, -0.15) is 0 Å². The fraction of sp³-hybridized carbons (Fsp3) is 0.688. The summed E-state index contributed by atoms with van der Waals surface area (Å²) in [5.74, 6) is 3.53. The Balaban J connectivity index is 1.55. The van der Waals surface area contributed by atoms with E-state index in [-0.39, 0.29) is 5.60 Å². The van der Waals surface area contributed by atoms with Gasteiger partial charge in [-0.15, -0.1) is 0 Å². The summed E-state index contributed by atoms with van der Waals surface area (Å²) in [6.45, 7) is 0.546. The summed E-state index contributed by atoms with van der Waals surface area (Å²) in [5, 5.41) is 0. The summed E-state index contributed by atoms with van der Waals surface area (Å²) in [6.07, 6.45) is 9.93. The minimum Gasteiger partial charge on any atom is -0.471 e. The lowest BCUT2D eigenvalue weighted by Crippen LogP contribution is -2.53. The van der Waals surface area contributed by atoms with E-state index in [1.807, 2.05) is 18.3 Å². The lowest BCUT2D eigenvalue weighted by Gasteiger charge is -2.55. The van der Waals surface area contributed by atoms with Crippen LogP contribution in [0.5, 0.6) is 5.88 Å². The van der Waals surface area contributed by atoms with E-state index >= 15 is 0 Å². The molecule has 0 aromatic carbocycles. The van der Waals surface area contributed by atoms with Crippen molar-refractivity contribution >= 4 is 0 Å². The third-order valence-corrected chi connectivity index (χ3v) is 5.34. The van der Waals surface area contributed by atoms with Crippen molar-refractivity contribution in [3.63, 3.8) is 0 Å². The topological polar surface area (TPSA) is 48.1 Å². The molecule has 4 aliphatic carbocycles. The normalized spacial score (nSPS) is 39.5. The van der Waals surface area contributed by atoms with Crippen molar-refractivity contribution in [2.24, 2.45) is 23.5 Å². The van der Waals surface area contributed by atoms with Gasteiger partial charge in [0.05, 0.1) is 0 Å². The van der Waals surface area contributed by atoms with Crippen LogP contribution >= 0.6 is 0 Å². The summed E-state index contributed by atoms with van der Waals surface area (Å²) in [5.41, 5.74) is 6.78. The molecule has 0 unspecified atom stereocenters. The molecule has 19 heavy (non-hydrogen) atoms. The number of pyridine rings is 1. The molecule has 1 heterocycles. The van der Waals surface area contributed by atoms with Crippen molar-refractivity contribution in [1.29, 1.82) is 0 Å². The molecule has 0 radical (unpaired) electrons. The summed E-state index contributed by atoms with van der Waals surface area (Å²) in [4.78, 5) is 4.42. The molecule has 4 saturated carbocycles. The molecule has 0 atom stereocenters. The number of hydrogen-bond acceptors (Lipinski definition) is 3. The number of nitrogens with two attached hydrogens (primary N) is 1. The number of aromatic nitrogens is 1. The molecule has 4 fully saturated rings. The predicted molar refractivity (Wildman–Crippen MR) is 73.7 cm³/mol. The van der Waals surface area contributed by atoms with E-state index in [1.54, 1.807) is 0 Å². The Morgan fingerprint density at radius 2 is 1.74 bits per heavy atom. The maximum Gasteiger partial charge on any atom is 0.213 e. The number of rotatable bonds is 3. The molecule has 2 N–H and O–H groups in total. The first-order valence-electron chi connectivity index (χ1n) is 7.59. The van der Waals surface area contributed by atoms with Gasteiger partial charge < -0.3 is 10.5 Å². The Morgan fingerprint density at radius 3 is 2.21 bits per heavy atom. The highest BCUT2D eigenvalue weighted by atomic mass is 16.5. The average Bonchev–Trinajstić information content (AvgIpc) is 2.37. The van der Waals surface area contributed by atoms with Crippen LogP contribution in [0.1, 0.15) is 44.1 Å². The molecular formula is C16H22N2O. The summed E-state index contributed by atoms with van der Waals surface area (Å²) in [7, 11) is 0. The zero-order valence-electron chi connectivity index (χ0n) is 11.3. The molecule has 102 valence electrons.